The van der Waals surface area contributed by atoms with Gasteiger partial charge in [0, 0.05) is 12.6 Å². The summed E-state index contributed by atoms with van der Waals surface area (Å²) in [4.78, 5) is 13.7. The van der Waals surface area contributed by atoms with Crippen molar-refractivity contribution in [3.63, 3.8) is 0 Å². The molecule has 104 valence electrons. The average molecular weight is 275 g/mol. The fourth-order valence-electron chi connectivity index (χ4n) is 1.94. The Kier molecular flexibility index (Phi) is 3.93. The van der Waals surface area contributed by atoms with Gasteiger partial charge in [-0.25, -0.2) is 4.39 Å². The van der Waals surface area contributed by atoms with Gasteiger partial charge in [0.05, 0.1) is 5.69 Å². The number of aromatic nitrogens is 1. The smallest absolute Gasteiger partial charge is 0.363 e. The molecule has 0 aliphatic heterocycles. The molecule has 0 radical (unpaired) electrons. The van der Waals surface area contributed by atoms with Gasteiger partial charge < -0.3 is 15.4 Å². The Balaban J connectivity index is 2.07. The van der Waals surface area contributed by atoms with E-state index in [4.69, 9.17) is 0 Å². The van der Waals surface area contributed by atoms with E-state index >= 15 is 0 Å². The lowest BCUT2D eigenvalue weighted by atomic mass is 10.1. The van der Waals surface area contributed by atoms with Crippen LogP contribution < -0.4 is 5.32 Å². The molecule has 1 aromatic heterocycles. The molecule has 0 fully saturated rings. The van der Waals surface area contributed by atoms with Crippen LogP contribution in [0.3, 0.4) is 0 Å². The number of nitrogens with one attached hydrogen (secondary N) is 1. The predicted octanol–water partition coefficient (Wildman–Crippen LogP) is 3.36. The van der Waals surface area contributed by atoms with E-state index in [9.17, 15) is 14.5 Å². The summed E-state index contributed by atoms with van der Waals surface area (Å²) in [6, 6.07) is 6.47. The first-order valence-corrected chi connectivity index (χ1v) is 6.07. The lowest BCUT2D eigenvalue weighted by molar-refractivity contribution is -0.389. The van der Waals surface area contributed by atoms with Gasteiger partial charge in [-0.15, -0.1) is 0 Å². The van der Waals surface area contributed by atoms with Crippen LogP contribution in [0.2, 0.25) is 0 Å². The highest BCUT2D eigenvalue weighted by Crippen LogP contribution is 2.17. The third-order valence-corrected chi connectivity index (χ3v) is 2.93. The van der Waals surface area contributed by atoms with Crippen LogP contribution in [0.1, 0.15) is 16.7 Å². The summed E-state index contributed by atoms with van der Waals surface area (Å²) < 4.78 is 13.5. The Morgan fingerprint density at radius 3 is 2.45 bits per heavy atom. The van der Waals surface area contributed by atoms with Crippen LogP contribution in [-0.2, 0) is 6.54 Å². The lowest BCUT2D eigenvalue weighted by Gasteiger charge is -2.08. The molecule has 0 saturated carbocycles. The van der Waals surface area contributed by atoms with Gasteiger partial charge in [-0.1, -0.05) is 12.1 Å². The maximum Gasteiger partial charge on any atom is 0.363 e. The number of aryl methyl sites for hydroxylation is 2. The molecule has 0 spiro atoms. The first kappa shape index (κ1) is 13.9. The summed E-state index contributed by atoms with van der Waals surface area (Å²) in [5, 5.41) is 13.6. The second-order valence-corrected chi connectivity index (χ2v) is 4.56. The van der Waals surface area contributed by atoms with E-state index in [0.717, 1.165) is 5.56 Å². The Morgan fingerprint density at radius 1 is 1.30 bits per heavy atom. The highest BCUT2D eigenvalue weighted by Gasteiger charge is 2.07. The number of hydrogen-bond acceptors (Lipinski definition) is 4. The van der Waals surface area contributed by atoms with Crippen LogP contribution in [0.25, 0.3) is 0 Å². The molecule has 1 heterocycles. The van der Waals surface area contributed by atoms with Crippen LogP contribution in [0.4, 0.5) is 15.9 Å². The zero-order valence-corrected chi connectivity index (χ0v) is 11.2. The molecule has 20 heavy (non-hydrogen) atoms. The maximum atomic E-state index is 13.5. The molecule has 1 aromatic carbocycles. The van der Waals surface area contributed by atoms with Crippen molar-refractivity contribution in [1.82, 2.24) is 4.98 Å². The molecule has 0 amide bonds. The standard InChI is InChI=1S/C14H14FN3O2/c1-9-5-11(6-10(2)14(9)15)7-16-12-3-4-13(17-8-12)18(19)20/h3-6,8,16H,7H2,1-2H3. The highest BCUT2D eigenvalue weighted by molar-refractivity contribution is 5.44. The lowest BCUT2D eigenvalue weighted by Crippen LogP contribution is -2.02. The molecule has 0 aliphatic rings. The topological polar surface area (TPSA) is 68.1 Å². The third-order valence-electron chi connectivity index (χ3n) is 2.93. The number of anilines is 1. The third kappa shape index (κ3) is 3.09. The van der Waals surface area contributed by atoms with Crippen molar-refractivity contribution in [1.29, 1.82) is 0 Å². The van der Waals surface area contributed by atoms with Gasteiger partial charge >= 0.3 is 5.82 Å². The number of rotatable bonds is 4. The fourth-order valence-corrected chi connectivity index (χ4v) is 1.94. The molecule has 0 bridgehead atoms. The molecule has 0 atom stereocenters. The fraction of sp³-hybridized carbons (Fsp3) is 0.214. The van der Waals surface area contributed by atoms with Crippen LogP contribution in [-0.4, -0.2) is 9.91 Å². The van der Waals surface area contributed by atoms with Crippen LogP contribution >= 0.6 is 0 Å². The van der Waals surface area contributed by atoms with E-state index in [0.29, 0.717) is 23.4 Å². The minimum Gasteiger partial charge on any atom is -0.378 e. The molecule has 0 aliphatic carbocycles. The molecule has 0 saturated heterocycles. The van der Waals surface area contributed by atoms with E-state index in [1.165, 1.54) is 12.3 Å². The van der Waals surface area contributed by atoms with Gasteiger partial charge in [0.1, 0.15) is 5.82 Å². The van der Waals surface area contributed by atoms with Crippen molar-refractivity contribution in [2.75, 3.05) is 5.32 Å². The van der Waals surface area contributed by atoms with Gasteiger partial charge in [-0.05, 0) is 46.5 Å². The average Bonchev–Trinajstić information content (AvgIpc) is 2.42. The van der Waals surface area contributed by atoms with E-state index in [1.54, 1.807) is 32.0 Å². The van der Waals surface area contributed by atoms with Crippen molar-refractivity contribution < 1.29 is 9.31 Å². The van der Waals surface area contributed by atoms with Crippen molar-refractivity contribution in [3.8, 4) is 0 Å². The SMILES string of the molecule is Cc1cc(CNc2ccc([N+](=O)[O-])nc2)cc(C)c1F. The zero-order valence-electron chi connectivity index (χ0n) is 11.2. The van der Waals surface area contributed by atoms with Gasteiger partial charge in [0.15, 0.2) is 6.20 Å². The second kappa shape index (κ2) is 5.64. The molecule has 2 rings (SSSR count). The number of nitrogens with zero attached hydrogens (tertiary/aromatic N) is 2. The molecule has 5 nitrogen and oxygen atoms in total. The van der Waals surface area contributed by atoms with E-state index < -0.39 is 4.92 Å². The maximum absolute atomic E-state index is 13.5. The molecule has 0 unspecified atom stereocenters. The normalized spacial score (nSPS) is 10.3. The first-order valence-electron chi connectivity index (χ1n) is 6.07. The Labute approximate surface area is 115 Å². The largest absolute Gasteiger partial charge is 0.378 e. The minimum absolute atomic E-state index is 0.189. The number of nitro groups is 1. The van der Waals surface area contributed by atoms with Gasteiger partial charge in [-0.2, -0.15) is 0 Å². The number of benzene rings is 1. The monoisotopic (exact) mass is 275 g/mol. The van der Waals surface area contributed by atoms with Crippen molar-refractivity contribution in [3.05, 3.63) is 63.1 Å². The molecule has 6 heteroatoms. The Bertz CT molecular complexity index is 618. The summed E-state index contributed by atoms with van der Waals surface area (Å²) >= 11 is 0. The molecule has 2 aromatic rings. The van der Waals surface area contributed by atoms with E-state index in [-0.39, 0.29) is 11.6 Å². The quantitative estimate of drug-likeness (QED) is 0.686. The highest BCUT2D eigenvalue weighted by atomic mass is 19.1. The first-order chi connectivity index (χ1) is 9.47. The van der Waals surface area contributed by atoms with E-state index in [1.807, 2.05) is 0 Å². The van der Waals surface area contributed by atoms with Crippen molar-refractivity contribution in [2.45, 2.75) is 20.4 Å². The van der Waals surface area contributed by atoms with E-state index in [2.05, 4.69) is 10.3 Å². The summed E-state index contributed by atoms with van der Waals surface area (Å²) in [5.41, 5.74) is 2.82. The number of pyridine rings is 1. The van der Waals surface area contributed by atoms with Crippen LogP contribution in [0.15, 0.2) is 30.5 Å². The molecular formula is C14H14FN3O2. The van der Waals surface area contributed by atoms with Gasteiger partial charge in [0.25, 0.3) is 0 Å². The van der Waals surface area contributed by atoms with Crippen molar-refractivity contribution >= 4 is 11.5 Å². The summed E-state index contributed by atoms with van der Waals surface area (Å²) in [6.07, 6.45) is 1.40. The van der Waals surface area contributed by atoms with Crippen LogP contribution in [0.5, 0.6) is 0 Å². The van der Waals surface area contributed by atoms with Gasteiger partial charge in [0.2, 0.25) is 0 Å². The molecular weight excluding hydrogens is 261 g/mol. The summed E-state index contributed by atoms with van der Waals surface area (Å²) in [6.45, 7) is 3.94. The number of hydrogen-bond donors (Lipinski definition) is 1. The predicted molar refractivity (Wildman–Crippen MR) is 74.1 cm³/mol. The van der Waals surface area contributed by atoms with Crippen molar-refractivity contribution in [2.24, 2.45) is 0 Å². The Hall–Kier alpha value is -2.50. The summed E-state index contributed by atoms with van der Waals surface area (Å²) in [5.74, 6) is -0.380. The number of halogens is 1. The molecule has 1 N–H and O–H groups in total. The van der Waals surface area contributed by atoms with Crippen LogP contribution in [0, 0.1) is 29.8 Å². The minimum atomic E-state index is -0.545. The second-order valence-electron chi connectivity index (χ2n) is 4.56. The zero-order chi connectivity index (χ0) is 14.7. The Morgan fingerprint density at radius 2 is 1.95 bits per heavy atom. The summed E-state index contributed by atoms with van der Waals surface area (Å²) in [7, 11) is 0. The van der Waals surface area contributed by atoms with Gasteiger partial charge in [-0.3, -0.25) is 0 Å².